The summed E-state index contributed by atoms with van der Waals surface area (Å²) in [6.45, 7) is 3.38. The number of carbonyl (C=O) groups is 1. The van der Waals surface area contributed by atoms with E-state index in [0.29, 0.717) is 0 Å². The number of hydrogen-bond donors (Lipinski definition) is 2. The van der Waals surface area contributed by atoms with Gasteiger partial charge in [-0.1, -0.05) is 6.07 Å². The molecule has 2 N–H and O–H groups in total. The first-order valence-electron chi connectivity index (χ1n) is 6.13. The van der Waals surface area contributed by atoms with Crippen LogP contribution in [0.2, 0.25) is 0 Å². The standard InChI is InChI=1S/C12H17N3O5S/c1-8(2)14-11(16)7-13-9-5-4-6-10(21(3,19)20)12(9)15(17)18/h4-6,8,13H,7H2,1-3H3,(H,14,16). The molecule has 21 heavy (non-hydrogen) atoms. The molecule has 1 rings (SSSR count). The largest absolute Gasteiger partial charge is 0.371 e. The molecule has 0 aliphatic rings. The molecule has 0 saturated heterocycles. The lowest BCUT2D eigenvalue weighted by molar-refractivity contribution is -0.386. The zero-order chi connectivity index (χ0) is 16.2. The molecule has 0 spiro atoms. The highest BCUT2D eigenvalue weighted by Crippen LogP contribution is 2.31. The SMILES string of the molecule is CC(C)NC(=O)CNc1cccc(S(C)(=O)=O)c1[N+](=O)[O-]. The number of sulfone groups is 1. The van der Waals surface area contributed by atoms with Gasteiger partial charge in [0.1, 0.15) is 10.6 Å². The van der Waals surface area contributed by atoms with Crippen molar-refractivity contribution >= 4 is 27.1 Å². The van der Waals surface area contributed by atoms with E-state index in [1.54, 1.807) is 13.8 Å². The summed E-state index contributed by atoms with van der Waals surface area (Å²) in [4.78, 5) is 21.5. The van der Waals surface area contributed by atoms with Crippen LogP contribution in [-0.4, -0.2) is 38.1 Å². The van der Waals surface area contributed by atoms with Gasteiger partial charge in [0.25, 0.3) is 0 Å². The number of carbonyl (C=O) groups excluding carboxylic acids is 1. The molecule has 1 amide bonds. The monoisotopic (exact) mass is 315 g/mol. The van der Waals surface area contributed by atoms with Crippen molar-refractivity contribution in [3.05, 3.63) is 28.3 Å². The van der Waals surface area contributed by atoms with Crippen molar-refractivity contribution in [2.45, 2.75) is 24.8 Å². The Morgan fingerprint density at radius 2 is 2.00 bits per heavy atom. The van der Waals surface area contributed by atoms with Crippen molar-refractivity contribution in [2.24, 2.45) is 0 Å². The van der Waals surface area contributed by atoms with Crippen LogP contribution in [0.25, 0.3) is 0 Å². The van der Waals surface area contributed by atoms with Crippen LogP contribution >= 0.6 is 0 Å². The van der Waals surface area contributed by atoms with Crippen LogP contribution in [-0.2, 0) is 14.6 Å². The number of amides is 1. The molecule has 0 unspecified atom stereocenters. The molecule has 116 valence electrons. The lowest BCUT2D eigenvalue weighted by Crippen LogP contribution is -2.34. The zero-order valence-electron chi connectivity index (χ0n) is 11.9. The van der Waals surface area contributed by atoms with Gasteiger partial charge in [0.2, 0.25) is 5.91 Å². The summed E-state index contributed by atoms with van der Waals surface area (Å²) < 4.78 is 23.2. The van der Waals surface area contributed by atoms with Gasteiger partial charge in [0, 0.05) is 12.3 Å². The highest BCUT2D eigenvalue weighted by Gasteiger charge is 2.26. The molecule has 0 aromatic heterocycles. The number of nitro benzene ring substituents is 1. The second-order valence-electron chi connectivity index (χ2n) is 4.76. The van der Waals surface area contributed by atoms with E-state index in [1.165, 1.54) is 12.1 Å². The topological polar surface area (TPSA) is 118 Å². The van der Waals surface area contributed by atoms with Crippen LogP contribution < -0.4 is 10.6 Å². The normalized spacial score (nSPS) is 11.2. The van der Waals surface area contributed by atoms with Crippen molar-refractivity contribution in [3.63, 3.8) is 0 Å². The molecular weight excluding hydrogens is 298 g/mol. The molecule has 0 aliphatic heterocycles. The van der Waals surface area contributed by atoms with Crippen molar-refractivity contribution in [3.8, 4) is 0 Å². The van der Waals surface area contributed by atoms with E-state index >= 15 is 0 Å². The van der Waals surface area contributed by atoms with E-state index in [1.807, 2.05) is 0 Å². The fourth-order valence-corrected chi connectivity index (χ4v) is 2.56. The van der Waals surface area contributed by atoms with E-state index in [4.69, 9.17) is 0 Å². The third kappa shape index (κ3) is 4.71. The number of rotatable bonds is 6. The van der Waals surface area contributed by atoms with Gasteiger partial charge in [-0.25, -0.2) is 8.42 Å². The number of anilines is 1. The molecular formula is C12H17N3O5S. The summed E-state index contributed by atoms with van der Waals surface area (Å²) >= 11 is 0. The molecule has 1 aromatic carbocycles. The molecule has 0 radical (unpaired) electrons. The summed E-state index contributed by atoms with van der Waals surface area (Å²) in [5, 5.41) is 16.3. The van der Waals surface area contributed by atoms with Gasteiger partial charge in [-0.3, -0.25) is 14.9 Å². The minimum atomic E-state index is -3.74. The van der Waals surface area contributed by atoms with Crippen molar-refractivity contribution < 1.29 is 18.1 Å². The van der Waals surface area contributed by atoms with Gasteiger partial charge in [-0.05, 0) is 26.0 Å². The van der Waals surface area contributed by atoms with E-state index in [2.05, 4.69) is 10.6 Å². The van der Waals surface area contributed by atoms with E-state index in [9.17, 15) is 23.3 Å². The quantitative estimate of drug-likeness (QED) is 0.595. The predicted molar refractivity (Wildman–Crippen MR) is 78.0 cm³/mol. The maximum absolute atomic E-state index is 11.6. The summed E-state index contributed by atoms with van der Waals surface area (Å²) in [6, 6.07) is 3.84. The molecule has 0 heterocycles. The van der Waals surface area contributed by atoms with Gasteiger partial charge in [0.15, 0.2) is 9.84 Å². The molecule has 0 aliphatic carbocycles. The number of nitrogens with one attached hydrogen (secondary N) is 2. The smallest absolute Gasteiger partial charge is 0.310 e. The first kappa shape index (κ1) is 16.9. The Kier molecular flexibility index (Phi) is 5.25. The van der Waals surface area contributed by atoms with Crippen LogP contribution in [0.1, 0.15) is 13.8 Å². The van der Waals surface area contributed by atoms with Gasteiger partial charge in [-0.2, -0.15) is 0 Å². The van der Waals surface area contributed by atoms with Gasteiger partial charge in [0.05, 0.1) is 11.5 Å². The van der Waals surface area contributed by atoms with Crippen LogP contribution in [0.4, 0.5) is 11.4 Å². The maximum atomic E-state index is 11.6. The first-order valence-corrected chi connectivity index (χ1v) is 8.02. The molecule has 0 bridgehead atoms. The van der Waals surface area contributed by atoms with Crippen molar-refractivity contribution in [1.82, 2.24) is 5.32 Å². The van der Waals surface area contributed by atoms with Gasteiger partial charge in [-0.15, -0.1) is 0 Å². The Hall–Kier alpha value is -2.16. The maximum Gasteiger partial charge on any atom is 0.310 e. The number of nitrogens with zero attached hydrogens (tertiary/aromatic N) is 1. The highest BCUT2D eigenvalue weighted by molar-refractivity contribution is 7.90. The fraction of sp³-hybridized carbons (Fsp3) is 0.417. The Labute approximate surface area is 122 Å². The molecule has 9 heteroatoms. The number of nitro groups is 1. The minimum absolute atomic E-state index is 0.0122. The van der Waals surface area contributed by atoms with E-state index < -0.39 is 20.4 Å². The summed E-state index contributed by atoms with van der Waals surface area (Å²) in [5.41, 5.74) is -0.570. The lowest BCUT2D eigenvalue weighted by Gasteiger charge is -2.11. The van der Waals surface area contributed by atoms with Crippen LogP contribution in [0.5, 0.6) is 0 Å². The summed E-state index contributed by atoms with van der Waals surface area (Å²) in [6.07, 6.45) is 0.893. The average Bonchev–Trinajstić information content (AvgIpc) is 2.33. The zero-order valence-corrected chi connectivity index (χ0v) is 12.7. The Morgan fingerprint density at radius 3 is 2.48 bits per heavy atom. The molecule has 0 fully saturated rings. The lowest BCUT2D eigenvalue weighted by atomic mass is 10.2. The second-order valence-corrected chi connectivity index (χ2v) is 6.74. The molecule has 8 nitrogen and oxygen atoms in total. The summed E-state index contributed by atoms with van der Waals surface area (Å²) in [5.74, 6) is -0.343. The van der Waals surface area contributed by atoms with Crippen LogP contribution in [0, 0.1) is 10.1 Å². The van der Waals surface area contributed by atoms with Crippen LogP contribution in [0.15, 0.2) is 23.1 Å². The average molecular weight is 315 g/mol. The van der Waals surface area contributed by atoms with Crippen LogP contribution in [0.3, 0.4) is 0 Å². The van der Waals surface area contributed by atoms with Crippen molar-refractivity contribution in [2.75, 3.05) is 18.1 Å². The van der Waals surface area contributed by atoms with Gasteiger partial charge >= 0.3 is 5.69 Å². The van der Waals surface area contributed by atoms with Gasteiger partial charge < -0.3 is 10.6 Å². The molecule has 1 aromatic rings. The first-order chi connectivity index (χ1) is 9.62. The number of hydrogen-bond acceptors (Lipinski definition) is 6. The van der Waals surface area contributed by atoms with E-state index in [0.717, 1.165) is 12.3 Å². The van der Waals surface area contributed by atoms with E-state index in [-0.39, 0.29) is 29.1 Å². The highest BCUT2D eigenvalue weighted by atomic mass is 32.2. The fourth-order valence-electron chi connectivity index (χ4n) is 1.70. The van der Waals surface area contributed by atoms with Crippen molar-refractivity contribution in [1.29, 1.82) is 0 Å². The Bertz CT molecular complexity index is 655. The molecule has 0 saturated carbocycles. The summed E-state index contributed by atoms with van der Waals surface area (Å²) in [7, 11) is -3.74. The molecule has 0 atom stereocenters. The predicted octanol–water partition coefficient (Wildman–Crippen LogP) is 0.935. The third-order valence-corrected chi connectivity index (χ3v) is 3.60. The second kappa shape index (κ2) is 6.53. The third-order valence-electron chi connectivity index (χ3n) is 2.47. The number of para-hydroxylation sites is 1. The number of benzene rings is 1. The minimum Gasteiger partial charge on any atom is -0.371 e. The Balaban J connectivity index is 3.09. The Morgan fingerprint density at radius 1 is 1.38 bits per heavy atom.